The highest BCUT2D eigenvalue weighted by Crippen LogP contribution is 2.82. The number of carbonyl (C=O) groups excluding carboxylic acids is 1. The number of ether oxygens (including phenoxy) is 4. The van der Waals surface area contributed by atoms with Gasteiger partial charge < -0.3 is 28.8 Å². The largest absolute Gasteiger partial charge is 0.481 e. The van der Waals surface area contributed by atoms with Crippen molar-refractivity contribution in [2.24, 2.45) is 45.8 Å². The van der Waals surface area contributed by atoms with Crippen molar-refractivity contribution >= 4 is 12.3 Å². The van der Waals surface area contributed by atoms with Gasteiger partial charge in [0.15, 0.2) is 6.29 Å². The third-order valence-corrected chi connectivity index (χ3v) is 10.8. The number of carboxylic acid groups (broad SMARTS) is 1. The molecule has 0 aromatic rings. The van der Waals surface area contributed by atoms with Gasteiger partial charge in [-0.05, 0) is 55.8 Å². The first kappa shape index (κ1) is 23.1. The van der Waals surface area contributed by atoms with E-state index in [2.05, 4.69) is 26.8 Å². The number of hydrogen-bond donors (Lipinski definition) is 1. The maximum absolute atomic E-state index is 13.5. The van der Waals surface area contributed by atoms with E-state index in [0.717, 1.165) is 31.1 Å². The Hall–Kier alpha value is -1.28. The minimum absolute atomic E-state index is 0.0313. The lowest BCUT2D eigenvalue weighted by molar-refractivity contribution is -0.248. The maximum Gasteiger partial charge on any atom is 0.315 e. The number of fused-ring (bicyclic) bond motifs is 3. The molecule has 0 aromatic carbocycles. The summed E-state index contributed by atoms with van der Waals surface area (Å²) in [4.78, 5) is 26.6. The van der Waals surface area contributed by atoms with Crippen LogP contribution in [0.25, 0.3) is 0 Å². The Morgan fingerprint density at radius 2 is 2.06 bits per heavy atom. The number of carboxylic acids is 1. The molecule has 11 atom stereocenters. The highest BCUT2D eigenvalue weighted by Gasteiger charge is 2.84. The summed E-state index contributed by atoms with van der Waals surface area (Å²) in [6, 6.07) is 0. The van der Waals surface area contributed by atoms with E-state index in [4.69, 9.17) is 18.9 Å². The van der Waals surface area contributed by atoms with Gasteiger partial charge in [-0.25, -0.2) is 0 Å². The minimum atomic E-state index is -1.21. The highest BCUT2D eigenvalue weighted by atomic mass is 16.7. The maximum atomic E-state index is 13.5. The van der Waals surface area contributed by atoms with Crippen molar-refractivity contribution in [3.63, 3.8) is 0 Å². The van der Waals surface area contributed by atoms with Gasteiger partial charge in [0.1, 0.15) is 24.6 Å². The van der Waals surface area contributed by atoms with Crippen LogP contribution in [0.4, 0.5) is 0 Å². The van der Waals surface area contributed by atoms with Gasteiger partial charge in [-0.15, -0.1) is 0 Å². The number of allylic oxidation sites excluding steroid dienone is 1. The molecule has 2 saturated heterocycles. The Balaban J connectivity index is 1.40. The summed E-state index contributed by atoms with van der Waals surface area (Å²) in [5, 5.41) is 11.0. The molecule has 188 valence electrons. The van der Waals surface area contributed by atoms with Gasteiger partial charge in [-0.1, -0.05) is 38.8 Å². The van der Waals surface area contributed by atoms with Crippen LogP contribution in [0.1, 0.15) is 59.8 Å². The molecule has 0 spiro atoms. The summed E-state index contributed by atoms with van der Waals surface area (Å²) in [5.41, 5.74) is -1.75. The Kier molecular flexibility index (Phi) is 5.18. The van der Waals surface area contributed by atoms with Crippen LogP contribution in [-0.4, -0.2) is 55.4 Å². The van der Waals surface area contributed by atoms with Gasteiger partial charge in [0.25, 0.3) is 0 Å². The molecule has 34 heavy (non-hydrogen) atoms. The monoisotopic (exact) mass is 474 g/mol. The van der Waals surface area contributed by atoms with Crippen molar-refractivity contribution in [2.45, 2.75) is 84.4 Å². The van der Waals surface area contributed by atoms with E-state index in [-0.39, 0.29) is 49.5 Å². The van der Waals surface area contributed by atoms with Gasteiger partial charge in [0.05, 0.1) is 24.2 Å². The molecule has 3 saturated carbocycles. The van der Waals surface area contributed by atoms with Crippen LogP contribution in [0.2, 0.25) is 0 Å². The quantitative estimate of drug-likeness (QED) is 0.462. The van der Waals surface area contributed by atoms with Crippen LogP contribution in [0.15, 0.2) is 11.6 Å². The second-order valence-corrected chi connectivity index (χ2v) is 12.3. The Morgan fingerprint density at radius 3 is 2.76 bits per heavy atom. The summed E-state index contributed by atoms with van der Waals surface area (Å²) < 4.78 is 24.1. The lowest BCUT2D eigenvalue weighted by atomic mass is 9.43. The second kappa shape index (κ2) is 7.61. The molecule has 7 heteroatoms. The van der Waals surface area contributed by atoms with E-state index in [1.165, 1.54) is 0 Å². The van der Waals surface area contributed by atoms with Crippen LogP contribution in [0, 0.1) is 45.8 Å². The van der Waals surface area contributed by atoms with E-state index < -0.39 is 28.5 Å². The zero-order valence-corrected chi connectivity index (χ0v) is 20.7. The van der Waals surface area contributed by atoms with Gasteiger partial charge in [0.2, 0.25) is 0 Å². The fourth-order valence-corrected chi connectivity index (χ4v) is 9.59. The first-order valence-electron chi connectivity index (χ1n) is 13.1. The third-order valence-electron chi connectivity index (χ3n) is 10.8. The van der Waals surface area contributed by atoms with Crippen molar-refractivity contribution in [3.05, 3.63) is 11.6 Å². The molecular weight excluding hydrogens is 436 g/mol. The number of rotatable bonds is 6. The van der Waals surface area contributed by atoms with Crippen LogP contribution >= 0.6 is 0 Å². The molecule has 4 aliphatic carbocycles. The first-order valence-corrected chi connectivity index (χ1v) is 13.1. The summed E-state index contributed by atoms with van der Waals surface area (Å²) in [6.45, 7) is 8.94. The molecular formula is C27H38O7. The zero-order valence-electron chi connectivity index (χ0n) is 20.7. The third kappa shape index (κ3) is 2.57. The molecule has 6 rings (SSSR count). The van der Waals surface area contributed by atoms with E-state index in [1.807, 2.05) is 6.92 Å². The summed E-state index contributed by atoms with van der Waals surface area (Å²) >= 11 is 0. The van der Waals surface area contributed by atoms with E-state index in [0.29, 0.717) is 24.7 Å². The molecule has 0 radical (unpaired) electrons. The topological polar surface area (TPSA) is 91.3 Å². The molecule has 4 bridgehead atoms. The van der Waals surface area contributed by atoms with Crippen molar-refractivity contribution in [1.29, 1.82) is 0 Å². The number of aldehydes is 1. The predicted octanol–water partition coefficient (Wildman–Crippen LogP) is 3.80. The molecule has 6 aliphatic rings. The number of carbonyl (C=O) groups is 2. The zero-order chi connectivity index (χ0) is 24.0. The summed E-state index contributed by atoms with van der Waals surface area (Å²) in [5.74, 6) is 0.230. The molecule has 2 heterocycles. The van der Waals surface area contributed by atoms with Gasteiger partial charge in [-0.3, -0.25) is 4.79 Å². The fraction of sp³-hybridized carbons (Fsp3) is 0.852. The van der Waals surface area contributed by atoms with Crippen LogP contribution in [0.5, 0.6) is 0 Å². The molecule has 1 N–H and O–H groups in total. The Morgan fingerprint density at radius 1 is 1.26 bits per heavy atom. The lowest BCUT2D eigenvalue weighted by Gasteiger charge is -2.58. The summed E-state index contributed by atoms with van der Waals surface area (Å²) in [7, 11) is 0. The van der Waals surface area contributed by atoms with E-state index in [9.17, 15) is 14.7 Å². The molecule has 5 fully saturated rings. The summed E-state index contributed by atoms with van der Waals surface area (Å²) in [6.07, 6.45) is 6.50. The average molecular weight is 475 g/mol. The predicted molar refractivity (Wildman–Crippen MR) is 122 cm³/mol. The van der Waals surface area contributed by atoms with Crippen LogP contribution in [0.3, 0.4) is 0 Å². The van der Waals surface area contributed by atoms with Crippen molar-refractivity contribution in [2.75, 3.05) is 13.4 Å². The van der Waals surface area contributed by atoms with E-state index in [1.54, 1.807) is 0 Å². The van der Waals surface area contributed by atoms with Gasteiger partial charge in [0, 0.05) is 11.8 Å². The highest BCUT2D eigenvalue weighted by molar-refractivity contribution is 5.90. The van der Waals surface area contributed by atoms with Crippen molar-refractivity contribution in [1.82, 2.24) is 0 Å². The van der Waals surface area contributed by atoms with Gasteiger partial charge in [-0.2, -0.15) is 0 Å². The average Bonchev–Trinajstić information content (AvgIpc) is 3.52. The minimum Gasteiger partial charge on any atom is -0.481 e. The number of hydrogen-bond acceptors (Lipinski definition) is 6. The smallest absolute Gasteiger partial charge is 0.315 e. The fourth-order valence-electron chi connectivity index (χ4n) is 9.59. The second-order valence-electron chi connectivity index (χ2n) is 12.3. The standard InChI is InChI=1S/C27H38O7/c1-14(2)20-7-17-9-25(11-28)19-6-5-15(3)18(19)10-26(17,27(20,25)24(29)30)12-31-22-8-21-23(16(4)34-22)33-13-32-21/h7,11,14-19,21-23H,5-6,8-10,12-13H2,1-4H3,(H,29,30)/t15-,16?,17?,18-,19-,21+,22?,23-,25?,26?,27?/m1/s1. The van der Waals surface area contributed by atoms with Crippen molar-refractivity contribution < 1.29 is 33.6 Å². The Bertz CT molecular complexity index is 915. The Labute approximate surface area is 201 Å². The van der Waals surface area contributed by atoms with E-state index >= 15 is 0 Å². The normalized spacial score (nSPS) is 53.0. The number of aliphatic carboxylic acids is 1. The first-order chi connectivity index (χ1) is 16.2. The lowest BCUT2D eigenvalue weighted by Crippen LogP contribution is -2.63. The molecule has 2 aliphatic heterocycles. The molecule has 6 unspecified atom stereocenters. The van der Waals surface area contributed by atoms with Gasteiger partial charge >= 0.3 is 5.97 Å². The molecule has 0 aromatic heterocycles. The molecule has 0 amide bonds. The molecule has 7 nitrogen and oxygen atoms in total. The SMILES string of the molecule is CC(C)C1=CC2CC3(C=O)[C@@H]4CC[C@@H](C)[C@H]4CC2(COC2C[C@@H]4OCO[C@@H]4C(C)O2)C13C(=O)O. The van der Waals surface area contributed by atoms with Crippen LogP contribution in [-0.2, 0) is 28.5 Å². The van der Waals surface area contributed by atoms with Crippen molar-refractivity contribution in [3.8, 4) is 0 Å². The van der Waals surface area contributed by atoms with Crippen LogP contribution < -0.4 is 0 Å².